The van der Waals surface area contributed by atoms with Crippen molar-refractivity contribution in [1.29, 1.82) is 0 Å². The summed E-state index contributed by atoms with van der Waals surface area (Å²) in [6, 6.07) is 19.4. The molecule has 0 aliphatic carbocycles. The second-order valence-corrected chi connectivity index (χ2v) is 18.0. The van der Waals surface area contributed by atoms with Gasteiger partial charge < -0.3 is 33.2 Å². The first-order valence-electron chi connectivity index (χ1n) is 22.9. The van der Waals surface area contributed by atoms with Gasteiger partial charge in [0.15, 0.2) is 17.9 Å². The van der Waals surface area contributed by atoms with Gasteiger partial charge in [-0.1, -0.05) is 42.5 Å². The summed E-state index contributed by atoms with van der Waals surface area (Å²) in [4.78, 5) is 59.3. The number of esters is 4. The molecular weight excluding hydrogens is 783 g/mol. The van der Waals surface area contributed by atoms with Gasteiger partial charge in [-0.3, -0.25) is 24.3 Å². The van der Waals surface area contributed by atoms with E-state index in [-0.39, 0.29) is 12.8 Å². The number of carbonyl (C=O) groups is 4. The van der Waals surface area contributed by atoms with E-state index < -0.39 is 104 Å². The minimum absolute atomic E-state index is 0.0352. The van der Waals surface area contributed by atoms with Gasteiger partial charge in [0.05, 0.1) is 27.0 Å². The lowest BCUT2D eigenvalue weighted by Crippen LogP contribution is -2.65. The summed E-state index contributed by atoms with van der Waals surface area (Å²) < 4.78 is 74.9. The highest BCUT2D eigenvalue weighted by Gasteiger charge is 2.56. The minimum Gasteiger partial charge on any atom is -0.489 e. The number of nitrogens with zero attached hydrogens (tertiary/aromatic N) is 2. The Labute approximate surface area is 363 Å². The molecule has 0 amide bonds. The Morgan fingerprint density at radius 2 is 1.26 bits per heavy atom. The van der Waals surface area contributed by atoms with Crippen LogP contribution in [-0.2, 0) is 62.3 Å². The van der Waals surface area contributed by atoms with Gasteiger partial charge in [-0.05, 0) is 131 Å². The minimum atomic E-state index is -1.72. The summed E-state index contributed by atoms with van der Waals surface area (Å²) in [7, 11) is 0. The van der Waals surface area contributed by atoms with Gasteiger partial charge >= 0.3 is 23.9 Å². The number of nitrogens with one attached hydrogen (secondary N) is 1. The molecule has 1 aliphatic heterocycles. The Hall–Kier alpha value is -5.50. The maximum atomic E-state index is 13.9. The third kappa shape index (κ3) is 12.3. The molecular formula is C47H61N3O11. The van der Waals surface area contributed by atoms with E-state index >= 15 is 0 Å². The molecule has 14 nitrogen and oxygen atoms in total. The van der Waals surface area contributed by atoms with E-state index in [1.165, 1.54) is 55.4 Å². The molecule has 61 heavy (non-hydrogen) atoms. The Morgan fingerprint density at radius 3 is 1.87 bits per heavy atom. The van der Waals surface area contributed by atoms with Crippen LogP contribution in [0.15, 0.2) is 66.9 Å². The summed E-state index contributed by atoms with van der Waals surface area (Å²) in [5.41, 5.74) is -2.23. The first kappa shape index (κ1) is 40.9. The second kappa shape index (κ2) is 18.6. The quantitative estimate of drug-likeness (QED) is 0.102. The van der Waals surface area contributed by atoms with Gasteiger partial charge in [-0.25, -0.2) is 4.98 Å². The summed E-state index contributed by atoms with van der Waals surface area (Å²) in [5.74, 6) is -2.81. The number of benzene rings is 2. The predicted molar refractivity (Wildman–Crippen MR) is 226 cm³/mol. The predicted octanol–water partition coefficient (Wildman–Crippen LogP) is 7.89. The molecule has 1 unspecified atom stereocenters. The number of aryl methyl sites for hydroxylation is 2. The smallest absolute Gasteiger partial charge is 0.311 e. The molecule has 0 spiro atoms. The zero-order chi connectivity index (χ0) is 47.7. The fourth-order valence-corrected chi connectivity index (χ4v) is 5.87. The number of carbonyl (C=O) groups excluding carboxylic acids is 4. The van der Waals surface area contributed by atoms with E-state index in [9.17, 15) is 19.2 Å². The number of fused-ring (bicyclic) bond motifs is 1. The van der Waals surface area contributed by atoms with Crippen molar-refractivity contribution in [3.63, 3.8) is 0 Å². The maximum Gasteiger partial charge on any atom is 0.311 e. The average Bonchev–Trinajstić information content (AvgIpc) is 3.71. The Morgan fingerprint density at radius 1 is 0.689 bits per heavy atom. The van der Waals surface area contributed by atoms with Gasteiger partial charge in [-0.15, -0.1) is 5.10 Å². The molecule has 1 N–H and O–H groups in total. The SMILES string of the molecule is [2H]CC(C)(C)C(=O)OC[C@H]1OC(Oc2n[nH]c3nccc(CCc4ccc(OCc5ccccc5)cc4)c23)[C@H](OC(=O)C(C)(C)C[2H])[C@@H](OC(=O)C(C)(C)C[2H])[C@@H]1OC(=O)C(C)(C)C[2H]. The molecule has 14 heteroatoms. The number of rotatable bonds is 13. The number of pyridine rings is 1. The lowest BCUT2D eigenvalue weighted by Gasteiger charge is -2.45. The van der Waals surface area contributed by atoms with Gasteiger partial charge in [0.25, 0.3) is 0 Å². The van der Waals surface area contributed by atoms with Crippen LogP contribution in [0.2, 0.25) is 0 Å². The molecule has 1 saturated heterocycles. The van der Waals surface area contributed by atoms with Crippen LogP contribution in [0.5, 0.6) is 11.6 Å². The first-order valence-corrected chi connectivity index (χ1v) is 20.0. The normalized spacial score (nSPS) is 20.6. The van der Waals surface area contributed by atoms with E-state index in [0.717, 1.165) is 22.4 Å². The van der Waals surface area contributed by atoms with Crippen LogP contribution in [0, 0.1) is 21.7 Å². The van der Waals surface area contributed by atoms with Crippen LogP contribution < -0.4 is 9.47 Å². The van der Waals surface area contributed by atoms with E-state index in [0.29, 0.717) is 30.5 Å². The highest BCUT2D eigenvalue weighted by atomic mass is 16.7. The Bertz CT molecular complexity index is 2250. The molecule has 5 rings (SSSR count). The van der Waals surface area contributed by atoms with Gasteiger partial charge in [0, 0.05) is 11.7 Å². The zero-order valence-electron chi connectivity index (χ0n) is 40.3. The third-order valence-corrected chi connectivity index (χ3v) is 9.51. The molecule has 330 valence electrons. The number of ether oxygens (including phenoxy) is 7. The molecule has 3 heterocycles. The van der Waals surface area contributed by atoms with Crippen molar-refractivity contribution < 1.29 is 57.8 Å². The van der Waals surface area contributed by atoms with Gasteiger partial charge in [0.2, 0.25) is 18.3 Å². The molecule has 5 atom stereocenters. The van der Waals surface area contributed by atoms with Crippen molar-refractivity contribution in [2.24, 2.45) is 21.7 Å². The van der Waals surface area contributed by atoms with Crippen molar-refractivity contribution >= 4 is 34.9 Å². The zero-order valence-corrected chi connectivity index (χ0v) is 36.3. The molecule has 0 saturated carbocycles. The van der Waals surface area contributed by atoms with Crippen molar-refractivity contribution in [3.05, 3.63) is 83.6 Å². The van der Waals surface area contributed by atoms with E-state index in [1.807, 2.05) is 60.7 Å². The van der Waals surface area contributed by atoms with Crippen molar-refractivity contribution in [1.82, 2.24) is 15.2 Å². The number of hydrogen-bond donors (Lipinski definition) is 1. The summed E-state index contributed by atoms with van der Waals surface area (Å²) in [6.07, 6.45) is -5.54. The molecule has 0 radical (unpaired) electrons. The lowest BCUT2D eigenvalue weighted by atomic mass is 9.93. The van der Waals surface area contributed by atoms with Gasteiger partial charge in [0.1, 0.15) is 25.1 Å². The number of H-pyrrole nitrogens is 1. The fraction of sp³-hybridized carbons (Fsp3) is 0.532. The first-order chi connectivity index (χ1) is 30.7. The number of hydrogen-bond acceptors (Lipinski definition) is 13. The number of aromatic nitrogens is 3. The number of aromatic amines is 1. The van der Waals surface area contributed by atoms with Crippen molar-refractivity contribution in [3.8, 4) is 11.6 Å². The lowest BCUT2D eigenvalue weighted by molar-refractivity contribution is -0.294. The Kier molecular flexibility index (Phi) is 12.5. The monoisotopic (exact) mass is 847 g/mol. The standard InChI is InChI=1S/C47H61N3O11/c1-44(2,3)40(51)56-27-32-34(58-41(52)45(4,5)6)35(59-42(53)46(7,8)9)36(60-43(54)47(10,11)12)39(57-32)61-38-33-30(24-25-48-37(33)49-50-38)21-18-28-19-22-31(23-20-28)55-26-29-16-14-13-15-17-29/h13-17,19-20,22-25,32,34-36,39H,18,21,26-27H2,1-12H3,(H,48,49,50)/t32-,34-,35+,36-,39?/m1/s1/i1D,4D,7D,10D. The highest BCUT2D eigenvalue weighted by Crippen LogP contribution is 2.37. The van der Waals surface area contributed by atoms with Crippen LogP contribution in [0.3, 0.4) is 0 Å². The van der Waals surface area contributed by atoms with Crippen LogP contribution >= 0.6 is 0 Å². The van der Waals surface area contributed by atoms with Crippen molar-refractivity contribution in [2.75, 3.05) is 6.61 Å². The summed E-state index contributed by atoms with van der Waals surface area (Å²) >= 11 is 0. The topological polar surface area (TPSA) is 174 Å². The Balaban J connectivity index is 1.54. The molecule has 2 aromatic heterocycles. The average molecular weight is 848 g/mol. The summed E-state index contributed by atoms with van der Waals surface area (Å²) in [5, 5.41) is 7.75. The maximum absolute atomic E-state index is 13.9. The largest absolute Gasteiger partial charge is 0.489 e. The van der Waals surface area contributed by atoms with E-state index in [4.69, 9.17) is 38.6 Å². The highest BCUT2D eigenvalue weighted by molar-refractivity contribution is 5.84. The molecule has 0 bridgehead atoms. The second-order valence-electron chi connectivity index (χ2n) is 18.0. The van der Waals surface area contributed by atoms with Crippen molar-refractivity contribution in [2.45, 2.75) is 133 Å². The van der Waals surface area contributed by atoms with E-state index in [1.54, 1.807) is 6.20 Å². The van der Waals surface area contributed by atoms with Crippen LogP contribution in [-0.4, -0.2) is 76.4 Å². The molecule has 4 aromatic rings. The molecule has 2 aromatic carbocycles. The van der Waals surface area contributed by atoms with Crippen LogP contribution in [0.1, 0.15) is 105 Å². The molecule has 1 fully saturated rings. The van der Waals surface area contributed by atoms with E-state index in [2.05, 4.69) is 15.2 Å². The van der Waals surface area contributed by atoms with Crippen LogP contribution in [0.4, 0.5) is 0 Å². The fourth-order valence-electron chi connectivity index (χ4n) is 5.87. The third-order valence-electron chi connectivity index (χ3n) is 9.51. The molecule has 1 aliphatic rings. The van der Waals surface area contributed by atoms with Crippen LogP contribution in [0.25, 0.3) is 11.0 Å². The van der Waals surface area contributed by atoms with Gasteiger partial charge in [-0.2, -0.15) is 0 Å². The summed E-state index contributed by atoms with van der Waals surface area (Å²) in [6.45, 7) is 10.2.